The third-order valence-electron chi connectivity index (χ3n) is 3.30. The molecule has 0 saturated heterocycles. The second kappa shape index (κ2) is 8.21. The maximum atomic E-state index is 13.0. The average Bonchev–Trinajstić information content (AvgIpc) is 2.59. The first-order valence-corrected chi connectivity index (χ1v) is 8.76. The van der Waals surface area contributed by atoms with Crippen molar-refractivity contribution in [3.8, 4) is 11.1 Å². The first-order valence-electron chi connectivity index (χ1n) is 7.32. The van der Waals surface area contributed by atoms with Crippen LogP contribution in [0.1, 0.15) is 6.92 Å². The summed E-state index contributed by atoms with van der Waals surface area (Å²) in [4.78, 5) is 0.239. The van der Waals surface area contributed by atoms with E-state index in [2.05, 4.69) is 0 Å². The molecule has 0 atom stereocenters. The van der Waals surface area contributed by atoms with Gasteiger partial charge in [0.05, 0.1) is 4.90 Å². The molecule has 5 nitrogen and oxygen atoms in total. The van der Waals surface area contributed by atoms with Crippen molar-refractivity contribution >= 4 is 10.0 Å². The van der Waals surface area contributed by atoms with E-state index in [0.717, 1.165) is 5.56 Å². The fourth-order valence-electron chi connectivity index (χ4n) is 2.20. The first kappa shape index (κ1) is 17.6. The molecule has 2 rings (SSSR count). The van der Waals surface area contributed by atoms with Gasteiger partial charge in [-0.05, 0) is 18.6 Å². The van der Waals surface area contributed by atoms with Gasteiger partial charge in [-0.15, -0.1) is 4.31 Å². The zero-order chi connectivity index (χ0) is 16.7. The van der Waals surface area contributed by atoms with E-state index in [9.17, 15) is 8.42 Å². The molecule has 6 heteroatoms. The number of hydrogen-bond donors (Lipinski definition) is 0. The summed E-state index contributed by atoms with van der Waals surface area (Å²) >= 11 is 0. The maximum Gasteiger partial charge on any atom is 0.247 e. The van der Waals surface area contributed by atoms with Crippen LogP contribution in [0.2, 0.25) is 0 Å². The smallest absolute Gasteiger partial charge is 0.247 e. The highest BCUT2D eigenvalue weighted by Crippen LogP contribution is 2.29. The first-order chi connectivity index (χ1) is 11.1. The van der Waals surface area contributed by atoms with Crippen LogP contribution in [0.5, 0.6) is 0 Å². The van der Waals surface area contributed by atoms with Crippen LogP contribution in [0.3, 0.4) is 0 Å². The molecule has 0 aliphatic carbocycles. The summed E-state index contributed by atoms with van der Waals surface area (Å²) in [5.41, 5.74) is 1.51. The Bertz CT molecular complexity index is 716. The molecular weight excluding hydrogens is 314 g/mol. The van der Waals surface area contributed by atoms with Crippen molar-refractivity contribution in [3.63, 3.8) is 0 Å². The molecule has 0 amide bonds. The molecule has 0 bridgehead atoms. The van der Waals surface area contributed by atoms with Crippen LogP contribution in [-0.4, -0.2) is 39.9 Å². The van der Waals surface area contributed by atoms with E-state index in [-0.39, 0.29) is 18.4 Å². The van der Waals surface area contributed by atoms with Crippen LogP contribution >= 0.6 is 0 Å². The van der Waals surface area contributed by atoms with E-state index in [1.165, 1.54) is 11.4 Å². The van der Waals surface area contributed by atoms with Gasteiger partial charge in [-0.3, -0.25) is 0 Å². The van der Waals surface area contributed by atoms with Gasteiger partial charge in [0, 0.05) is 19.3 Å². The minimum absolute atomic E-state index is 0.0458. The lowest BCUT2D eigenvalue weighted by Crippen LogP contribution is -2.35. The van der Waals surface area contributed by atoms with Crippen LogP contribution < -0.4 is 0 Å². The molecule has 2 aromatic rings. The van der Waals surface area contributed by atoms with E-state index in [0.29, 0.717) is 12.2 Å². The highest BCUT2D eigenvalue weighted by Gasteiger charge is 2.27. The molecule has 0 fully saturated rings. The number of rotatable bonds is 8. The van der Waals surface area contributed by atoms with E-state index in [1.54, 1.807) is 18.2 Å². The van der Waals surface area contributed by atoms with Gasteiger partial charge < -0.3 is 9.47 Å². The predicted molar refractivity (Wildman–Crippen MR) is 89.3 cm³/mol. The number of hydrogen-bond acceptors (Lipinski definition) is 4. The van der Waals surface area contributed by atoms with Crippen LogP contribution in [0.4, 0.5) is 0 Å². The minimum atomic E-state index is -3.73. The van der Waals surface area contributed by atoms with Crippen LogP contribution in [-0.2, 0) is 19.5 Å². The lowest BCUT2D eigenvalue weighted by atomic mass is 10.1. The van der Waals surface area contributed by atoms with Gasteiger partial charge in [0.2, 0.25) is 10.0 Å². The Hall–Kier alpha value is -1.73. The molecule has 0 heterocycles. The van der Waals surface area contributed by atoms with Gasteiger partial charge in [-0.2, -0.15) is 0 Å². The van der Waals surface area contributed by atoms with E-state index >= 15 is 0 Å². The van der Waals surface area contributed by atoms with Crippen molar-refractivity contribution in [1.82, 2.24) is 4.31 Å². The number of nitrogens with zero attached hydrogens (tertiary/aromatic N) is 1. The summed E-state index contributed by atoms with van der Waals surface area (Å²) in [5.74, 6) is 0. The average molecular weight is 335 g/mol. The molecule has 0 aliphatic rings. The fourth-order valence-corrected chi connectivity index (χ4v) is 3.65. The fraction of sp³-hybridized carbons (Fsp3) is 0.294. The number of sulfonamides is 1. The van der Waals surface area contributed by atoms with Gasteiger partial charge in [0.15, 0.2) is 0 Å². The topological polar surface area (TPSA) is 55.8 Å². The molecule has 23 heavy (non-hydrogen) atoms. The van der Waals surface area contributed by atoms with Crippen molar-refractivity contribution in [1.29, 1.82) is 0 Å². The lowest BCUT2D eigenvalue weighted by molar-refractivity contribution is 0.0227. The summed E-state index contributed by atoms with van der Waals surface area (Å²) in [6.45, 7) is 2.13. The molecule has 0 aliphatic heterocycles. The summed E-state index contributed by atoms with van der Waals surface area (Å²) in [5, 5.41) is 0. The Kier molecular flexibility index (Phi) is 6.29. The predicted octanol–water partition coefficient (Wildman–Crippen LogP) is 2.94. The third kappa shape index (κ3) is 4.17. The Morgan fingerprint density at radius 2 is 1.61 bits per heavy atom. The highest BCUT2D eigenvalue weighted by molar-refractivity contribution is 7.89. The van der Waals surface area contributed by atoms with Crippen molar-refractivity contribution in [2.24, 2.45) is 0 Å². The van der Waals surface area contributed by atoms with E-state index in [1.807, 2.05) is 43.3 Å². The largest absolute Gasteiger partial charge is 0.368 e. The number of methoxy groups -OCH3 is 1. The van der Waals surface area contributed by atoms with Crippen LogP contribution in [0.25, 0.3) is 11.1 Å². The Balaban J connectivity index is 2.47. The van der Waals surface area contributed by atoms with Crippen LogP contribution in [0.15, 0.2) is 59.5 Å². The number of ether oxygens (including phenoxy) is 2. The van der Waals surface area contributed by atoms with Crippen molar-refractivity contribution in [2.45, 2.75) is 11.8 Å². The van der Waals surface area contributed by atoms with Gasteiger partial charge in [-0.25, -0.2) is 8.42 Å². The molecule has 0 N–H and O–H groups in total. The molecule has 0 spiro atoms. The van der Waals surface area contributed by atoms with Gasteiger partial charge >= 0.3 is 0 Å². The number of benzene rings is 2. The molecule has 0 saturated carbocycles. The Morgan fingerprint density at radius 1 is 0.957 bits per heavy atom. The van der Waals surface area contributed by atoms with Crippen LogP contribution in [0, 0.1) is 0 Å². The second-order valence-electron chi connectivity index (χ2n) is 4.86. The molecule has 2 aromatic carbocycles. The summed E-state index contributed by atoms with van der Waals surface area (Å²) < 4.78 is 37.4. The quantitative estimate of drug-likeness (QED) is 0.696. The van der Waals surface area contributed by atoms with Gasteiger partial charge in [0.1, 0.15) is 13.5 Å². The molecule has 0 unspecified atom stereocenters. The van der Waals surface area contributed by atoms with Crippen molar-refractivity contribution < 1.29 is 17.9 Å². The summed E-state index contributed by atoms with van der Waals surface area (Å²) in [6, 6.07) is 16.4. The third-order valence-corrected chi connectivity index (χ3v) is 5.10. The second-order valence-corrected chi connectivity index (χ2v) is 6.77. The Morgan fingerprint density at radius 3 is 2.26 bits per heavy atom. The highest BCUT2D eigenvalue weighted by atomic mass is 32.2. The molecule has 124 valence electrons. The zero-order valence-electron chi connectivity index (χ0n) is 13.3. The monoisotopic (exact) mass is 335 g/mol. The van der Waals surface area contributed by atoms with Gasteiger partial charge in [0.25, 0.3) is 0 Å². The lowest BCUT2D eigenvalue weighted by Gasteiger charge is -2.22. The van der Waals surface area contributed by atoms with Crippen molar-refractivity contribution in [3.05, 3.63) is 54.6 Å². The van der Waals surface area contributed by atoms with Gasteiger partial charge in [-0.1, -0.05) is 48.5 Å². The normalized spacial score (nSPS) is 11.8. The molecule has 0 radical (unpaired) electrons. The maximum absolute atomic E-state index is 13.0. The summed E-state index contributed by atoms with van der Waals surface area (Å²) in [6.07, 6.45) is 0. The summed E-state index contributed by atoms with van der Waals surface area (Å²) in [7, 11) is -2.28. The molecule has 0 aromatic heterocycles. The molecular formula is C17H21NO4S. The zero-order valence-corrected chi connectivity index (χ0v) is 14.1. The SMILES string of the molecule is CCOCN(COC)S(=O)(=O)c1ccccc1-c1ccccc1. The minimum Gasteiger partial charge on any atom is -0.368 e. The van der Waals surface area contributed by atoms with Crippen molar-refractivity contribution in [2.75, 3.05) is 27.2 Å². The van der Waals surface area contributed by atoms with E-state index in [4.69, 9.17) is 9.47 Å². The Labute approximate surface area is 137 Å². The standard InChI is InChI=1S/C17H21NO4S/c1-3-22-14-18(13-21-2)23(19,20)17-12-8-7-11-16(17)15-9-5-4-6-10-15/h4-12H,3,13-14H2,1-2H3. The van der Waals surface area contributed by atoms with E-state index < -0.39 is 10.0 Å².